The Morgan fingerprint density at radius 3 is 1.71 bits per heavy atom. The normalized spacial score (nSPS) is 30.9. The molecule has 2 aliphatic heterocycles. The van der Waals surface area contributed by atoms with E-state index in [0.717, 1.165) is 5.56 Å². The summed E-state index contributed by atoms with van der Waals surface area (Å²) in [5.41, 5.74) is 1.67. The van der Waals surface area contributed by atoms with Crippen molar-refractivity contribution in [3.63, 3.8) is 0 Å². The highest BCUT2D eigenvalue weighted by molar-refractivity contribution is 5.90. The highest BCUT2D eigenvalue weighted by atomic mass is 16.7. The number of rotatable bonds is 5. The third-order valence-electron chi connectivity index (χ3n) is 6.67. The maximum absolute atomic E-state index is 13.1. The molecule has 3 aliphatic rings. The lowest BCUT2D eigenvalue weighted by Gasteiger charge is -2.43. The molecule has 35 heavy (non-hydrogen) atoms. The van der Waals surface area contributed by atoms with Crippen LogP contribution in [0.15, 0.2) is 91.0 Å². The van der Waals surface area contributed by atoms with Crippen LogP contribution in [0, 0.1) is 5.92 Å². The van der Waals surface area contributed by atoms with Gasteiger partial charge in [-0.25, -0.2) is 9.59 Å². The standard InChI is InChI=1S/C28H24O7/c29-26(17-10-4-1-5-11-17)33-24-22-20(16-31-28(35-22)19-14-8-3-9-15-19)21-23(32-21)25(24)34-27(30)18-12-6-2-7-13-18/h1-15,20-25,28H,16H2/t20-,21+,22+,23+,24-,25-,28+/m0/s1. The molecule has 7 atom stereocenters. The summed E-state index contributed by atoms with van der Waals surface area (Å²) in [6.07, 6.45) is -3.46. The van der Waals surface area contributed by atoms with Gasteiger partial charge >= 0.3 is 11.9 Å². The van der Waals surface area contributed by atoms with Gasteiger partial charge in [0.15, 0.2) is 18.5 Å². The number of epoxide rings is 1. The van der Waals surface area contributed by atoms with Crippen molar-refractivity contribution in [3.8, 4) is 0 Å². The van der Waals surface area contributed by atoms with E-state index in [2.05, 4.69) is 0 Å². The minimum Gasteiger partial charge on any atom is -0.452 e. The highest BCUT2D eigenvalue weighted by Crippen LogP contribution is 2.48. The first-order chi connectivity index (χ1) is 17.2. The van der Waals surface area contributed by atoms with Gasteiger partial charge in [-0.15, -0.1) is 0 Å². The van der Waals surface area contributed by atoms with Gasteiger partial charge in [0.25, 0.3) is 0 Å². The first-order valence-electron chi connectivity index (χ1n) is 11.7. The predicted molar refractivity (Wildman–Crippen MR) is 123 cm³/mol. The van der Waals surface area contributed by atoms with Crippen molar-refractivity contribution < 1.29 is 33.3 Å². The zero-order valence-electron chi connectivity index (χ0n) is 18.8. The molecule has 0 unspecified atom stereocenters. The summed E-state index contributed by atoms with van der Waals surface area (Å²) >= 11 is 0. The van der Waals surface area contributed by atoms with Crippen molar-refractivity contribution in [2.45, 2.75) is 36.8 Å². The Labute approximate surface area is 202 Å². The third kappa shape index (κ3) is 4.34. The lowest BCUT2D eigenvalue weighted by molar-refractivity contribution is -0.275. The smallest absolute Gasteiger partial charge is 0.338 e. The molecule has 0 aromatic heterocycles. The van der Waals surface area contributed by atoms with Crippen molar-refractivity contribution in [1.82, 2.24) is 0 Å². The topological polar surface area (TPSA) is 83.6 Å². The van der Waals surface area contributed by atoms with Crippen LogP contribution >= 0.6 is 0 Å². The number of fused-ring (bicyclic) bond motifs is 3. The molecule has 178 valence electrons. The number of ether oxygens (including phenoxy) is 5. The number of hydrogen-bond donors (Lipinski definition) is 0. The Morgan fingerprint density at radius 2 is 1.14 bits per heavy atom. The van der Waals surface area contributed by atoms with Gasteiger partial charge in [0.2, 0.25) is 0 Å². The minimum atomic E-state index is -0.862. The second-order valence-corrected chi connectivity index (χ2v) is 8.88. The maximum Gasteiger partial charge on any atom is 0.338 e. The van der Waals surface area contributed by atoms with E-state index >= 15 is 0 Å². The average molecular weight is 472 g/mol. The molecule has 3 aromatic carbocycles. The van der Waals surface area contributed by atoms with Crippen LogP contribution in [0.25, 0.3) is 0 Å². The lowest BCUT2D eigenvalue weighted by atomic mass is 9.82. The quantitative estimate of drug-likeness (QED) is 0.411. The van der Waals surface area contributed by atoms with Crippen LogP contribution in [0.2, 0.25) is 0 Å². The Hall–Kier alpha value is -3.52. The van der Waals surface area contributed by atoms with Gasteiger partial charge in [-0.2, -0.15) is 0 Å². The third-order valence-corrected chi connectivity index (χ3v) is 6.67. The predicted octanol–water partition coefficient (Wildman–Crippen LogP) is 3.95. The first-order valence-corrected chi connectivity index (χ1v) is 11.7. The van der Waals surface area contributed by atoms with E-state index < -0.39 is 42.6 Å². The fourth-order valence-corrected chi connectivity index (χ4v) is 4.88. The van der Waals surface area contributed by atoms with Crippen LogP contribution in [0.3, 0.4) is 0 Å². The van der Waals surface area contributed by atoms with Crippen molar-refractivity contribution in [3.05, 3.63) is 108 Å². The van der Waals surface area contributed by atoms with Gasteiger partial charge < -0.3 is 23.7 Å². The highest BCUT2D eigenvalue weighted by Gasteiger charge is 2.65. The second-order valence-electron chi connectivity index (χ2n) is 8.88. The summed E-state index contributed by atoms with van der Waals surface area (Å²) in [6, 6.07) is 27.0. The Kier molecular flexibility index (Phi) is 5.82. The summed E-state index contributed by atoms with van der Waals surface area (Å²) in [6.45, 7) is 0.379. The summed E-state index contributed by atoms with van der Waals surface area (Å²) in [5.74, 6) is -1.17. The molecular weight excluding hydrogens is 448 g/mol. The van der Waals surface area contributed by atoms with E-state index in [0.29, 0.717) is 17.7 Å². The molecule has 0 spiro atoms. The zero-order chi connectivity index (χ0) is 23.8. The van der Waals surface area contributed by atoms with Gasteiger partial charge in [-0.3, -0.25) is 0 Å². The second kappa shape index (κ2) is 9.26. The molecule has 1 aliphatic carbocycles. The number of hydrogen-bond acceptors (Lipinski definition) is 7. The molecule has 2 saturated heterocycles. The van der Waals surface area contributed by atoms with Crippen molar-refractivity contribution in [1.29, 1.82) is 0 Å². The van der Waals surface area contributed by atoms with E-state index in [-0.39, 0.29) is 12.0 Å². The van der Waals surface area contributed by atoms with E-state index in [1.54, 1.807) is 48.5 Å². The Morgan fingerprint density at radius 1 is 0.629 bits per heavy atom. The van der Waals surface area contributed by atoms with Crippen LogP contribution in [0.4, 0.5) is 0 Å². The molecule has 0 radical (unpaired) electrons. The molecule has 7 nitrogen and oxygen atoms in total. The largest absolute Gasteiger partial charge is 0.452 e. The summed E-state index contributed by atoms with van der Waals surface area (Å²) in [4.78, 5) is 26.0. The molecule has 2 heterocycles. The molecule has 7 heteroatoms. The summed E-state index contributed by atoms with van der Waals surface area (Å²) in [7, 11) is 0. The number of esters is 2. The van der Waals surface area contributed by atoms with Crippen LogP contribution in [-0.4, -0.2) is 49.1 Å². The van der Waals surface area contributed by atoms with Gasteiger partial charge in [-0.05, 0) is 24.3 Å². The van der Waals surface area contributed by atoms with Crippen LogP contribution in [-0.2, 0) is 23.7 Å². The van der Waals surface area contributed by atoms with Crippen molar-refractivity contribution >= 4 is 11.9 Å². The lowest BCUT2D eigenvalue weighted by Crippen LogP contribution is -2.58. The Bertz CT molecular complexity index is 1180. The maximum atomic E-state index is 13.1. The molecule has 3 aromatic rings. The van der Waals surface area contributed by atoms with Crippen molar-refractivity contribution in [2.24, 2.45) is 5.92 Å². The van der Waals surface area contributed by atoms with Gasteiger partial charge in [0.1, 0.15) is 12.2 Å². The molecule has 1 saturated carbocycles. The minimum absolute atomic E-state index is 0.153. The van der Waals surface area contributed by atoms with Crippen molar-refractivity contribution in [2.75, 3.05) is 6.61 Å². The fourth-order valence-electron chi connectivity index (χ4n) is 4.88. The summed E-state index contributed by atoms with van der Waals surface area (Å²) < 4.78 is 30.2. The zero-order valence-corrected chi connectivity index (χ0v) is 18.8. The summed E-state index contributed by atoms with van der Waals surface area (Å²) in [5, 5.41) is 0. The molecular formula is C28H24O7. The fraction of sp³-hybridized carbons (Fsp3) is 0.286. The van der Waals surface area contributed by atoms with E-state index in [9.17, 15) is 9.59 Å². The molecule has 6 rings (SSSR count). The monoisotopic (exact) mass is 472 g/mol. The average Bonchev–Trinajstić information content (AvgIpc) is 3.73. The number of carbonyl (C=O) groups is 2. The molecule has 0 amide bonds. The Balaban J connectivity index is 1.30. The number of carbonyl (C=O) groups excluding carboxylic acids is 2. The van der Waals surface area contributed by atoms with Crippen LogP contribution in [0.5, 0.6) is 0 Å². The SMILES string of the molecule is O=C(O[C@@H]1[C@@H](OC(=O)c2ccccc2)[C@@H]2O[C@H](c3ccccc3)OC[C@H]2[C@H]2O[C@@H]12)c1ccccc1. The van der Waals surface area contributed by atoms with E-state index in [4.69, 9.17) is 23.7 Å². The number of benzene rings is 3. The molecule has 3 fully saturated rings. The molecule has 0 N–H and O–H groups in total. The van der Waals surface area contributed by atoms with Gasteiger partial charge in [-0.1, -0.05) is 66.7 Å². The van der Waals surface area contributed by atoms with E-state index in [1.807, 2.05) is 42.5 Å². The van der Waals surface area contributed by atoms with Gasteiger partial charge in [0, 0.05) is 11.5 Å². The first kappa shape index (κ1) is 22.0. The molecule has 0 bridgehead atoms. The van der Waals surface area contributed by atoms with E-state index in [1.165, 1.54) is 0 Å². The van der Waals surface area contributed by atoms with Crippen LogP contribution < -0.4 is 0 Å². The van der Waals surface area contributed by atoms with Crippen LogP contribution in [0.1, 0.15) is 32.6 Å². The van der Waals surface area contributed by atoms with Gasteiger partial charge in [0.05, 0.1) is 23.8 Å².